The maximum absolute atomic E-state index is 13.8. The lowest BCUT2D eigenvalue weighted by Crippen LogP contribution is -2.16. The van der Waals surface area contributed by atoms with Crippen molar-refractivity contribution in [2.45, 2.75) is 13.0 Å². The van der Waals surface area contributed by atoms with Crippen molar-refractivity contribution in [3.05, 3.63) is 72.6 Å². The van der Waals surface area contributed by atoms with E-state index in [1.165, 1.54) is 19.2 Å². The average Bonchev–Trinajstić information content (AvgIpc) is 3.20. The molecule has 0 atom stereocenters. The van der Waals surface area contributed by atoms with Crippen LogP contribution in [-0.2, 0) is 11.3 Å². The molecule has 0 saturated carbocycles. The van der Waals surface area contributed by atoms with Crippen molar-refractivity contribution in [2.24, 2.45) is 0 Å². The summed E-state index contributed by atoms with van der Waals surface area (Å²) >= 11 is 0. The number of ether oxygens (including phenoxy) is 1. The van der Waals surface area contributed by atoms with Crippen molar-refractivity contribution in [2.75, 3.05) is 17.7 Å². The number of rotatable bonds is 7. The molecule has 0 saturated heterocycles. The number of methoxy groups -OCH3 is 1. The maximum Gasteiger partial charge on any atom is 0.255 e. The van der Waals surface area contributed by atoms with Gasteiger partial charge in [0.15, 0.2) is 11.6 Å². The minimum Gasteiger partial charge on any atom is -0.494 e. The molecule has 0 aliphatic rings. The third-order valence-corrected chi connectivity index (χ3v) is 3.97. The van der Waals surface area contributed by atoms with Crippen LogP contribution in [0.2, 0.25) is 0 Å². The summed E-state index contributed by atoms with van der Waals surface area (Å²) in [7, 11) is 1.37. The van der Waals surface area contributed by atoms with Crippen molar-refractivity contribution < 1.29 is 18.7 Å². The summed E-state index contributed by atoms with van der Waals surface area (Å²) in [5.41, 5.74) is 1.14. The predicted octanol–water partition coefficient (Wildman–Crippen LogP) is 3.31. The Morgan fingerprint density at radius 1 is 1.14 bits per heavy atom. The molecule has 2 amide bonds. The van der Waals surface area contributed by atoms with Gasteiger partial charge in [0.05, 0.1) is 13.4 Å². The standard InChI is InChI=1S/C20H19FN4O3/c1-28-18-6-5-16(12-17(18)21)24-20(27)14-3-2-4-15(11-14)23-19(26)7-9-25-10-8-22-13-25/h2-6,8,10-13H,7,9H2,1H3,(H,23,26)(H,24,27). The molecule has 0 aliphatic heterocycles. The topological polar surface area (TPSA) is 85.3 Å². The molecule has 8 heteroatoms. The van der Waals surface area contributed by atoms with E-state index in [9.17, 15) is 14.0 Å². The van der Waals surface area contributed by atoms with Crippen molar-refractivity contribution in [3.63, 3.8) is 0 Å². The molecule has 28 heavy (non-hydrogen) atoms. The highest BCUT2D eigenvalue weighted by Gasteiger charge is 2.10. The van der Waals surface area contributed by atoms with E-state index in [0.29, 0.717) is 23.5 Å². The Balaban J connectivity index is 1.61. The van der Waals surface area contributed by atoms with Crippen LogP contribution in [0.4, 0.5) is 15.8 Å². The molecule has 3 rings (SSSR count). The molecule has 0 aliphatic carbocycles. The molecular weight excluding hydrogens is 363 g/mol. The maximum atomic E-state index is 13.8. The molecule has 2 N–H and O–H groups in total. The number of amides is 2. The number of aromatic nitrogens is 2. The summed E-state index contributed by atoms with van der Waals surface area (Å²) in [6.45, 7) is 0.509. The molecule has 0 unspecified atom stereocenters. The fourth-order valence-electron chi connectivity index (χ4n) is 2.56. The molecule has 0 bridgehead atoms. The highest BCUT2D eigenvalue weighted by Crippen LogP contribution is 2.21. The van der Waals surface area contributed by atoms with E-state index in [2.05, 4.69) is 15.6 Å². The lowest BCUT2D eigenvalue weighted by Gasteiger charge is -2.09. The summed E-state index contributed by atoms with van der Waals surface area (Å²) < 4.78 is 20.4. The Morgan fingerprint density at radius 2 is 1.96 bits per heavy atom. The Labute approximate surface area is 161 Å². The van der Waals surface area contributed by atoms with E-state index in [1.807, 2.05) is 0 Å². The van der Waals surface area contributed by atoms with Crippen LogP contribution < -0.4 is 15.4 Å². The number of anilines is 2. The van der Waals surface area contributed by atoms with Gasteiger partial charge in [-0.25, -0.2) is 9.37 Å². The second-order valence-electron chi connectivity index (χ2n) is 5.98. The Kier molecular flexibility index (Phi) is 6.01. The van der Waals surface area contributed by atoms with Gasteiger partial charge >= 0.3 is 0 Å². The fraction of sp³-hybridized carbons (Fsp3) is 0.150. The second-order valence-corrected chi connectivity index (χ2v) is 5.98. The number of carbonyl (C=O) groups is 2. The van der Waals surface area contributed by atoms with E-state index < -0.39 is 11.7 Å². The highest BCUT2D eigenvalue weighted by atomic mass is 19.1. The third-order valence-electron chi connectivity index (χ3n) is 3.97. The van der Waals surface area contributed by atoms with Crippen LogP contribution in [0.1, 0.15) is 16.8 Å². The number of carbonyl (C=O) groups excluding carboxylic acids is 2. The largest absolute Gasteiger partial charge is 0.494 e. The zero-order valence-corrected chi connectivity index (χ0v) is 15.2. The van der Waals surface area contributed by atoms with Gasteiger partial charge in [0.2, 0.25) is 5.91 Å². The first-order chi connectivity index (χ1) is 13.5. The van der Waals surface area contributed by atoms with Crippen molar-refractivity contribution in [1.29, 1.82) is 0 Å². The normalized spacial score (nSPS) is 10.4. The molecule has 1 heterocycles. The van der Waals surface area contributed by atoms with Crippen LogP contribution in [0.3, 0.4) is 0 Å². The Hall–Kier alpha value is -3.68. The first kappa shape index (κ1) is 19.1. The number of hydrogen-bond donors (Lipinski definition) is 2. The molecule has 1 aromatic heterocycles. The minimum atomic E-state index is -0.570. The van der Waals surface area contributed by atoms with Crippen LogP contribution in [0.15, 0.2) is 61.2 Å². The molecule has 7 nitrogen and oxygen atoms in total. The van der Waals surface area contributed by atoms with Crippen LogP contribution >= 0.6 is 0 Å². The summed E-state index contributed by atoms with van der Waals surface area (Å²) in [4.78, 5) is 28.4. The smallest absolute Gasteiger partial charge is 0.255 e. The Morgan fingerprint density at radius 3 is 2.68 bits per heavy atom. The fourth-order valence-corrected chi connectivity index (χ4v) is 2.56. The Bertz CT molecular complexity index is 973. The SMILES string of the molecule is COc1ccc(NC(=O)c2cccc(NC(=O)CCn3ccnc3)c2)cc1F. The number of halogens is 1. The van der Waals surface area contributed by atoms with Gasteiger partial charge in [0, 0.05) is 48.4 Å². The van der Waals surface area contributed by atoms with Gasteiger partial charge in [0.1, 0.15) is 0 Å². The van der Waals surface area contributed by atoms with Crippen LogP contribution in [0.5, 0.6) is 5.75 Å². The van der Waals surface area contributed by atoms with E-state index >= 15 is 0 Å². The lowest BCUT2D eigenvalue weighted by molar-refractivity contribution is -0.116. The molecule has 0 spiro atoms. The number of aryl methyl sites for hydroxylation is 1. The van der Waals surface area contributed by atoms with Crippen LogP contribution in [0, 0.1) is 5.82 Å². The van der Waals surface area contributed by atoms with E-state index in [1.54, 1.807) is 53.6 Å². The van der Waals surface area contributed by atoms with Gasteiger partial charge in [-0.1, -0.05) is 6.07 Å². The zero-order valence-electron chi connectivity index (χ0n) is 15.2. The second kappa shape index (κ2) is 8.81. The lowest BCUT2D eigenvalue weighted by atomic mass is 10.1. The van der Waals surface area contributed by atoms with Crippen molar-refractivity contribution in [3.8, 4) is 5.75 Å². The van der Waals surface area contributed by atoms with Gasteiger partial charge < -0.3 is 19.9 Å². The summed E-state index contributed by atoms with van der Waals surface area (Å²) in [6.07, 6.45) is 5.34. The predicted molar refractivity (Wildman–Crippen MR) is 103 cm³/mol. The number of hydrogen-bond acceptors (Lipinski definition) is 4. The van der Waals surface area contributed by atoms with Crippen LogP contribution in [0.25, 0.3) is 0 Å². The van der Waals surface area contributed by atoms with Crippen molar-refractivity contribution in [1.82, 2.24) is 9.55 Å². The van der Waals surface area contributed by atoms with Gasteiger partial charge in [-0.05, 0) is 30.3 Å². The number of nitrogens with zero attached hydrogens (tertiary/aromatic N) is 2. The monoisotopic (exact) mass is 382 g/mol. The van der Waals surface area contributed by atoms with E-state index in [4.69, 9.17) is 4.74 Å². The van der Waals surface area contributed by atoms with E-state index in [-0.39, 0.29) is 18.1 Å². The summed E-state index contributed by atoms with van der Waals surface area (Å²) in [6, 6.07) is 10.7. The quantitative estimate of drug-likeness (QED) is 0.657. The molecule has 0 radical (unpaired) electrons. The zero-order chi connectivity index (χ0) is 19.9. The molecule has 3 aromatic rings. The van der Waals surface area contributed by atoms with Gasteiger partial charge in [-0.15, -0.1) is 0 Å². The third kappa shape index (κ3) is 4.94. The van der Waals surface area contributed by atoms with Crippen molar-refractivity contribution >= 4 is 23.2 Å². The van der Waals surface area contributed by atoms with E-state index in [0.717, 1.165) is 0 Å². The first-order valence-electron chi connectivity index (χ1n) is 8.55. The average molecular weight is 382 g/mol. The first-order valence-corrected chi connectivity index (χ1v) is 8.55. The molecule has 144 valence electrons. The number of imidazole rings is 1. The highest BCUT2D eigenvalue weighted by molar-refractivity contribution is 6.05. The molecular formula is C20H19FN4O3. The van der Waals surface area contributed by atoms with Gasteiger partial charge in [-0.3, -0.25) is 9.59 Å². The molecule has 2 aromatic carbocycles. The summed E-state index contributed by atoms with van der Waals surface area (Å²) in [5.74, 6) is -1.07. The van der Waals surface area contributed by atoms with Crippen LogP contribution in [-0.4, -0.2) is 28.5 Å². The number of nitrogens with one attached hydrogen (secondary N) is 2. The molecule has 0 fully saturated rings. The number of benzene rings is 2. The minimum absolute atomic E-state index is 0.0957. The summed E-state index contributed by atoms with van der Waals surface area (Å²) in [5, 5.41) is 5.38. The van der Waals surface area contributed by atoms with Gasteiger partial charge in [-0.2, -0.15) is 0 Å². The van der Waals surface area contributed by atoms with Gasteiger partial charge in [0.25, 0.3) is 5.91 Å².